The van der Waals surface area contributed by atoms with Crippen LogP contribution in [0.25, 0.3) is 4.96 Å². The van der Waals surface area contributed by atoms with E-state index in [9.17, 15) is 0 Å². The molecule has 0 bridgehead atoms. The molecule has 19 heavy (non-hydrogen) atoms. The highest BCUT2D eigenvalue weighted by molar-refractivity contribution is 7.15. The third-order valence-electron chi connectivity index (χ3n) is 4.59. The zero-order valence-corrected chi connectivity index (χ0v) is 12.4. The number of fused-ring (bicyclic) bond motifs is 1. The molecular formula is C15H23N3S. The zero-order valence-electron chi connectivity index (χ0n) is 11.6. The summed E-state index contributed by atoms with van der Waals surface area (Å²) in [5.74, 6) is 1.59. The lowest BCUT2D eigenvalue weighted by molar-refractivity contribution is 0.228. The molecule has 0 spiro atoms. The lowest BCUT2D eigenvalue weighted by Crippen LogP contribution is -2.35. The Morgan fingerprint density at radius 3 is 3.21 bits per heavy atom. The van der Waals surface area contributed by atoms with E-state index in [0.29, 0.717) is 5.92 Å². The van der Waals surface area contributed by atoms with Gasteiger partial charge in [0.25, 0.3) is 0 Å². The first kappa shape index (κ1) is 13.1. The average molecular weight is 277 g/mol. The van der Waals surface area contributed by atoms with Crippen LogP contribution in [0.4, 0.5) is 0 Å². The maximum absolute atomic E-state index is 6.44. The summed E-state index contributed by atoms with van der Waals surface area (Å²) in [5, 5.41) is 2.07. The van der Waals surface area contributed by atoms with Gasteiger partial charge in [-0.05, 0) is 24.7 Å². The Labute approximate surface area is 118 Å². The molecule has 1 aliphatic rings. The largest absolute Gasteiger partial charge is 0.327 e. The van der Waals surface area contributed by atoms with Crippen molar-refractivity contribution in [2.45, 2.75) is 51.5 Å². The Morgan fingerprint density at radius 2 is 2.42 bits per heavy atom. The van der Waals surface area contributed by atoms with Crippen molar-refractivity contribution in [3.8, 4) is 0 Å². The number of rotatable bonds is 4. The second kappa shape index (κ2) is 5.63. The second-order valence-corrected chi connectivity index (χ2v) is 6.77. The quantitative estimate of drug-likeness (QED) is 0.929. The van der Waals surface area contributed by atoms with E-state index < -0.39 is 0 Å². The van der Waals surface area contributed by atoms with Crippen LogP contribution in [-0.2, 0) is 6.42 Å². The molecule has 2 heterocycles. The van der Waals surface area contributed by atoms with Crippen LogP contribution in [0.1, 0.15) is 44.7 Å². The molecule has 0 radical (unpaired) electrons. The first-order valence-corrected chi connectivity index (χ1v) is 8.31. The Balaban J connectivity index is 1.63. The van der Waals surface area contributed by atoms with Crippen molar-refractivity contribution in [3.05, 3.63) is 23.5 Å². The summed E-state index contributed by atoms with van der Waals surface area (Å²) < 4.78 is 2.10. The minimum atomic E-state index is 0.277. The minimum Gasteiger partial charge on any atom is -0.327 e. The fourth-order valence-corrected chi connectivity index (χ4v) is 4.09. The number of nitrogens with two attached hydrogens (primary N) is 1. The molecule has 3 atom stereocenters. The Hall–Kier alpha value is -0.870. The maximum atomic E-state index is 6.44. The van der Waals surface area contributed by atoms with Crippen molar-refractivity contribution >= 4 is 16.3 Å². The first-order chi connectivity index (χ1) is 9.26. The fourth-order valence-electron chi connectivity index (χ4n) is 3.37. The molecule has 4 heteroatoms. The molecule has 1 aliphatic carbocycles. The van der Waals surface area contributed by atoms with Crippen molar-refractivity contribution in [2.75, 3.05) is 0 Å². The molecule has 2 aromatic rings. The van der Waals surface area contributed by atoms with E-state index in [0.717, 1.165) is 23.0 Å². The molecule has 2 aromatic heterocycles. The SMILES string of the molecule is CCC1CCCC(C(N)Cc2cn3ccsc3n2)C1. The molecular weight excluding hydrogens is 254 g/mol. The van der Waals surface area contributed by atoms with Crippen LogP contribution in [-0.4, -0.2) is 15.4 Å². The topological polar surface area (TPSA) is 43.3 Å². The van der Waals surface area contributed by atoms with Crippen LogP contribution in [0.2, 0.25) is 0 Å². The van der Waals surface area contributed by atoms with Gasteiger partial charge in [0.1, 0.15) is 0 Å². The molecule has 0 aromatic carbocycles. The fraction of sp³-hybridized carbons (Fsp3) is 0.667. The van der Waals surface area contributed by atoms with Crippen LogP contribution in [0, 0.1) is 11.8 Å². The van der Waals surface area contributed by atoms with Crippen LogP contribution in [0.15, 0.2) is 17.8 Å². The maximum Gasteiger partial charge on any atom is 0.193 e. The Kier molecular flexibility index (Phi) is 3.89. The summed E-state index contributed by atoms with van der Waals surface area (Å²) in [5.41, 5.74) is 7.59. The van der Waals surface area contributed by atoms with Crippen LogP contribution >= 0.6 is 11.3 Å². The molecule has 0 amide bonds. The molecule has 1 saturated carbocycles. The van der Waals surface area contributed by atoms with E-state index in [2.05, 4.69) is 34.1 Å². The molecule has 0 saturated heterocycles. The van der Waals surface area contributed by atoms with Crippen molar-refractivity contribution in [1.82, 2.24) is 9.38 Å². The van der Waals surface area contributed by atoms with Gasteiger partial charge < -0.3 is 5.73 Å². The Bertz CT molecular complexity index is 502. The smallest absolute Gasteiger partial charge is 0.193 e. The van der Waals surface area contributed by atoms with Crippen LogP contribution in [0.5, 0.6) is 0 Å². The molecule has 3 unspecified atom stereocenters. The summed E-state index contributed by atoms with van der Waals surface area (Å²) in [4.78, 5) is 5.73. The predicted octanol–water partition coefficient (Wildman–Crippen LogP) is 3.48. The van der Waals surface area contributed by atoms with E-state index >= 15 is 0 Å². The first-order valence-electron chi connectivity index (χ1n) is 7.43. The van der Waals surface area contributed by atoms with E-state index in [4.69, 9.17) is 5.73 Å². The zero-order chi connectivity index (χ0) is 13.2. The van der Waals surface area contributed by atoms with E-state index in [1.165, 1.54) is 32.1 Å². The van der Waals surface area contributed by atoms with Crippen molar-refractivity contribution < 1.29 is 0 Å². The van der Waals surface area contributed by atoms with E-state index in [1.54, 1.807) is 11.3 Å². The molecule has 2 N–H and O–H groups in total. The van der Waals surface area contributed by atoms with Gasteiger partial charge in [0.2, 0.25) is 0 Å². The molecule has 0 aliphatic heterocycles. The highest BCUT2D eigenvalue weighted by Crippen LogP contribution is 2.33. The number of hydrogen-bond acceptors (Lipinski definition) is 3. The number of hydrogen-bond donors (Lipinski definition) is 1. The predicted molar refractivity (Wildman–Crippen MR) is 80.5 cm³/mol. The van der Waals surface area contributed by atoms with Gasteiger partial charge in [-0.2, -0.15) is 0 Å². The number of imidazole rings is 1. The van der Waals surface area contributed by atoms with Crippen molar-refractivity contribution in [2.24, 2.45) is 17.6 Å². The minimum absolute atomic E-state index is 0.277. The second-order valence-electron chi connectivity index (χ2n) is 5.89. The monoisotopic (exact) mass is 277 g/mol. The molecule has 3 rings (SSSR count). The molecule has 104 valence electrons. The highest BCUT2D eigenvalue weighted by Gasteiger charge is 2.26. The lowest BCUT2D eigenvalue weighted by atomic mass is 9.76. The third kappa shape index (κ3) is 2.84. The van der Waals surface area contributed by atoms with Gasteiger partial charge in [-0.15, -0.1) is 11.3 Å². The van der Waals surface area contributed by atoms with Crippen LogP contribution in [0.3, 0.4) is 0 Å². The molecule has 1 fully saturated rings. The average Bonchev–Trinajstić information content (AvgIpc) is 2.99. The number of thiazole rings is 1. The lowest BCUT2D eigenvalue weighted by Gasteiger charge is -2.32. The molecule has 3 nitrogen and oxygen atoms in total. The summed E-state index contributed by atoms with van der Waals surface area (Å²) in [6.45, 7) is 2.31. The standard InChI is InChI=1S/C15H23N3S/c1-2-11-4-3-5-12(8-11)14(16)9-13-10-18-6-7-19-15(18)17-13/h6-7,10-12,14H,2-5,8-9,16H2,1H3. The van der Waals surface area contributed by atoms with Gasteiger partial charge >= 0.3 is 0 Å². The number of aromatic nitrogens is 2. The van der Waals surface area contributed by atoms with Gasteiger partial charge in [0, 0.05) is 30.2 Å². The van der Waals surface area contributed by atoms with E-state index in [1.807, 2.05) is 0 Å². The number of nitrogens with zero attached hydrogens (tertiary/aromatic N) is 2. The summed E-state index contributed by atoms with van der Waals surface area (Å²) in [6.07, 6.45) is 11.8. The summed E-state index contributed by atoms with van der Waals surface area (Å²) in [7, 11) is 0. The Morgan fingerprint density at radius 1 is 1.53 bits per heavy atom. The van der Waals surface area contributed by atoms with E-state index in [-0.39, 0.29) is 6.04 Å². The van der Waals surface area contributed by atoms with Gasteiger partial charge in [0.05, 0.1) is 5.69 Å². The van der Waals surface area contributed by atoms with Gasteiger partial charge in [0.15, 0.2) is 4.96 Å². The van der Waals surface area contributed by atoms with Gasteiger partial charge in [-0.25, -0.2) is 4.98 Å². The van der Waals surface area contributed by atoms with Crippen molar-refractivity contribution in [1.29, 1.82) is 0 Å². The van der Waals surface area contributed by atoms with Gasteiger partial charge in [-0.3, -0.25) is 4.40 Å². The van der Waals surface area contributed by atoms with Gasteiger partial charge in [-0.1, -0.05) is 26.2 Å². The summed E-state index contributed by atoms with van der Waals surface area (Å²) >= 11 is 1.69. The van der Waals surface area contributed by atoms with Crippen molar-refractivity contribution in [3.63, 3.8) is 0 Å². The third-order valence-corrected chi connectivity index (χ3v) is 5.36. The van der Waals surface area contributed by atoms with Crippen LogP contribution < -0.4 is 5.73 Å². The summed E-state index contributed by atoms with van der Waals surface area (Å²) in [6, 6.07) is 0.277. The normalized spacial score (nSPS) is 25.8. The highest BCUT2D eigenvalue weighted by atomic mass is 32.1.